The molecule has 2 aromatic carbocycles. The molecule has 0 spiro atoms. The Bertz CT molecular complexity index is 2840. The van der Waals surface area contributed by atoms with Crippen molar-refractivity contribution in [1.29, 1.82) is 0 Å². The molecule has 1 amide bonds. The molecule has 63 heavy (non-hydrogen) atoms. The zero-order chi connectivity index (χ0) is 46.4. The summed E-state index contributed by atoms with van der Waals surface area (Å²) in [7, 11) is -2.52. The van der Waals surface area contributed by atoms with Gasteiger partial charge in [-0.2, -0.15) is 45.3 Å². The fourth-order valence-corrected chi connectivity index (χ4v) is 8.45. The predicted octanol–water partition coefficient (Wildman–Crippen LogP) is 7.18. The third kappa shape index (κ3) is 8.62. The summed E-state index contributed by atoms with van der Waals surface area (Å²) < 4.78 is 183. The predicted molar refractivity (Wildman–Crippen MR) is 210 cm³/mol. The summed E-state index contributed by atoms with van der Waals surface area (Å²) >= 11 is -0.644. The number of anilines is 1. The number of nitrogens with one attached hydrogen (secondary N) is 1. The molecule has 0 saturated heterocycles. The van der Waals surface area contributed by atoms with Gasteiger partial charge < -0.3 is 5.32 Å². The smallest absolute Gasteiger partial charge is 0.346 e. The van der Waals surface area contributed by atoms with Gasteiger partial charge in [0.05, 0.1) is 17.3 Å². The number of para-hydroxylation sites is 1. The van der Waals surface area contributed by atoms with Crippen LogP contribution < -0.4 is 9.62 Å². The van der Waals surface area contributed by atoms with Crippen molar-refractivity contribution in [1.82, 2.24) is 29.9 Å². The Hall–Kier alpha value is -5.50. The summed E-state index contributed by atoms with van der Waals surface area (Å²) in [4.78, 5) is 18.6. The highest BCUT2D eigenvalue weighted by atomic mass is 32.2. The number of sulfone groups is 1. The summed E-state index contributed by atoms with van der Waals surface area (Å²) in [5.74, 6) is -5.52. The molecular formula is C40H35F10N7O4S2. The van der Waals surface area contributed by atoms with Crippen LogP contribution in [0.3, 0.4) is 0 Å². The second-order valence-electron chi connectivity index (χ2n) is 16.0. The second kappa shape index (κ2) is 15.6. The first-order chi connectivity index (χ1) is 29.1. The quantitative estimate of drug-likeness (QED) is 0.0816. The van der Waals surface area contributed by atoms with E-state index in [2.05, 4.69) is 32.3 Å². The Kier molecular flexibility index (Phi) is 11.3. The maximum atomic E-state index is 15.7. The Morgan fingerprint density at radius 1 is 1.00 bits per heavy atom. The van der Waals surface area contributed by atoms with Gasteiger partial charge in [-0.15, -0.1) is 0 Å². The topological polar surface area (TPSA) is 132 Å². The maximum absolute atomic E-state index is 15.7. The van der Waals surface area contributed by atoms with Crippen molar-refractivity contribution in [3.63, 3.8) is 0 Å². The molecule has 336 valence electrons. The molecule has 2 aliphatic carbocycles. The molecule has 2 aliphatic rings. The van der Waals surface area contributed by atoms with E-state index >= 15 is 8.78 Å². The number of hydrogen-bond acceptors (Lipinski definition) is 7. The van der Waals surface area contributed by atoms with Crippen LogP contribution in [-0.2, 0) is 58.1 Å². The van der Waals surface area contributed by atoms with Crippen LogP contribution >= 0.6 is 0 Å². The van der Waals surface area contributed by atoms with E-state index < -0.39 is 123 Å². The summed E-state index contributed by atoms with van der Waals surface area (Å²) in [6.45, 7) is 1.10. The van der Waals surface area contributed by atoms with Crippen molar-refractivity contribution in [3.05, 3.63) is 94.1 Å². The van der Waals surface area contributed by atoms with E-state index in [1.165, 1.54) is 58.2 Å². The van der Waals surface area contributed by atoms with Gasteiger partial charge in [0.25, 0.3) is 5.92 Å². The summed E-state index contributed by atoms with van der Waals surface area (Å²) in [5, 5.41) is 10.1. The van der Waals surface area contributed by atoms with Crippen molar-refractivity contribution in [2.24, 2.45) is 11.8 Å². The average molecular weight is 932 g/mol. The SMILES string of the molecule is C[C@@H]1[C@@H]2c3c(C(F)(F)F)nn(CC(=O)N[C@@H](Cc4cc(F)cc(F)c4)c4nc(C#CC(C)(C)S(C)(=O)=O)ccc4-c4cccc5c(N(C)[SH]=O)nn(CC(F)(F)F)c45)c3C(F)(F)[C@H]12. The van der Waals surface area contributed by atoms with E-state index in [9.17, 15) is 52.5 Å². The third-order valence-corrected chi connectivity index (χ3v) is 13.6. The van der Waals surface area contributed by atoms with Crippen LogP contribution in [0.1, 0.15) is 66.6 Å². The van der Waals surface area contributed by atoms with Gasteiger partial charge in [0, 0.05) is 53.3 Å². The van der Waals surface area contributed by atoms with Gasteiger partial charge in [0.2, 0.25) is 5.91 Å². The molecule has 5 aromatic rings. The van der Waals surface area contributed by atoms with Gasteiger partial charge in [0.1, 0.15) is 52.7 Å². The number of carbonyl (C=O) groups excluding carboxylic acids is 1. The lowest BCUT2D eigenvalue weighted by Crippen LogP contribution is -2.35. The molecule has 11 nitrogen and oxygen atoms in total. The zero-order valence-electron chi connectivity index (χ0n) is 33.5. The first-order valence-electron chi connectivity index (χ1n) is 18.8. The van der Waals surface area contributed by atoms with E-state index in [1.54, 1.807) is 0 Å². The number of nitrogens with zero attached hydrogens (tertiary/aromatic N) is 6. The molecule has 0 bridgehead atoms. The van der Waals surface area contributed by atoms with Gasteiger partial charge in [-0.05, 0) is 68.0 Å². The van der Waals surface area contributed by atoms with Crippen molar-refractivity contribution in [2.75, 3.05) is 17.6 Å². The summed E-state index contributed by atoms with van der Waals surface area (Å²) in [5.41, 5.74) is -4.27. The lowest BCUT2D eigenvalue weighted by Gasteiger charge is -2.23. The number of pyridine rings is 1. The number of fused-ring (bicyclic) bond motifs is 4. The third-order valence-electron chi connectivity index (χ3n) is 11.2. The highest BCUT2D eigenvalue weighted by Gasteiger charge is 2.72. The highest BCUT2D eigenvalue weighted by molar-refractivity contribution is 7.92. The number of rotatable bonds is 11. The van der Waals surface area contributed by atoms with Gasteiger partial charge in [-0.1, -0.05) is 25.0 Å². The molecule has 23 heteroatoms. The molecule has 0 aliphatic heterocycles. The summed E-state index contributed by atoms with van der Waals surface area (Å²) in [6.07, 6.45) is -9.66. The molecule has 1 fully saturated rings. The highest BCUT2D eigenvalue weighted by Crippen LogP contribution is 2.71. The first-order valence-corrected chi connectivity index (χ1v) is 21.5. The second-order valence-corrected chi connectivity index (χ2v) is 19.3. The molecule has 3 aromatic heterocycles. The molecule has 0 unspecified atom stereocenters. The number of alkyl halides is 8. The van der Waals surface area contributed by atoms with E-state index in [0.29, 0.717) is 10.7 Å². The monoisotopic (exact) mass is 931 g/mol. The Labute approximate surface area is 356 Å². The fraction of sp³-hybridized carbons (Fsp3) is 0.400. The lowest BCUT2D eigenvalue weighted by molar-refractivity contribution is -0.143. The van der Waals surface area contributed by atoms with Crippen molar-refractivity contribution < 1.29 is 61.3 Å². The van der Waals surface area contributed by atoms with E-state index in [-0.39, 0.29) is 49.5 Å². The van der Waals surface area contributed by atoms with E-state index in [4.69, 9.17) is 0 Å². The molecule has 1 saturated carbocycles. The minimum Gasteiger partial charge on any atom is -0.346 e. The van der Waals surface area contributed by atoms with Crippen molar-refractivity contribution >= 4 is 44.3 Å². The lowest BCUT2D eigenvalue weighted by atomic mass is 9.93. The first kappa shape index (κ1) is 45.5. The number of halogens is 10. The van der Waals surface area contributed by atoms with Crippen LogP contribution in [0.15, 0.2) is 48.5 Å². The van der Waals surface area contributed by atoms with Crippen molar-refractivity contribution in [2.45, 2.75) is 75.3 Å². The zero-order valence-corrected chi connectivity index (χ0v) is 35.2. The number of aromatic nitrogens is 5. The van der Waals surface area contributed by atoms with Crippen molar-refractivity contribution in [3.8, 4) is 23.0 Å². The molecule has 3 heterocycles. The van der Waals surface area contributed by atoms with Gasteiger partial charge in [0.15, 0.2) is 21.3 Å². The average Bonchev–Trinajstić information content (AvgIpc) is 3.39. The number of hydrogen-bond donors (Lipinski definition) is 2. The van der Waals surface area contributed by atoms with Gasteiger partial charge in [-0.25, -0.2) is 26.4 Å². The number of benzene rings is 2. The Morgan fingerprint density at radius 3 is 2.27 bits per heavy atom. The Balaban J connectivity index is 1.43. The molecule has 1 N–H and O–H groups in total. The number of carbonyl (C=O) groups is 1. The normalized spacial score (nSPS) is 18.7. The van der Waals surface area contributed by atoms with Crippen LogP contribution in [0.5, 0.6) is 0 Å². The minimum absolute atomic E-state index is 0.0395. The largest absolute Gasteiger partial charge is 0.435 e. The van der Waals surface area contributed by atoms with Gasteiger partial charge >= 0.3 is 12.4 Å². The van der Waals surface area contributed by atoms with E-state index in [0.717, 1.165) is 22.7 Å². The van der Waals surface area contributed by atoms with Crippen LogP contribution in [0.2, 0.25) is 0 Å². The van der Waals surface area contributed by atoms with Gasteiger partial charge in [-0.3, -0.25) is 18.5 Å². The number of amides is 1. The van der Waals surface area contributed by atoms with Crippen LogP contribution in [0.4, 0.5) is 49.7 Å². The van der Waals surface area contributed by atoms with Crippen LogP contribution in [0.25, 0.3) is 22.0 Å². The maximum Gasteiger partial charge on any atom is 0.435 e. The summed E-state index contributed by atoms with van der Waals surface area (Å²) in [6, 6.07) is 7.44. The minimum atomic E-state index is -5.17. The number of thiol groups is 1. The fourth-order valence-electron chi connectivity index (χ4n) is 7.99. The van der Waals surface area contributed by atoms with Crippen LogP contribution in [-0.4, -0.2) is 67.3 Å². The van der Waals surface area contributed by atoms with E-state index in [1.807, 2.05) is 0 Å². The Morgan fingerprint density at radius 2 is 1.67 bits per heavy atom. The molecular weight excluding hydrogens is 897 g/mol. The molecule has 4 atom stereocenters. The standard InChI is InChI=1S/C40H35F10N7O4S2/c1-19-29-30-34(40(48,49)50)53-56(35(30)39(46,47)31(19)29)17-28(58)52-27(15-20-13-21(41)16-22(42)14-20)32-24(10-9-23(51-32)11-12-37(2,3)63(5,60)61)25-7-6-8-26-33(25)57(18-38(43,44)45)54-36(26)55(4)62-59/h6-10,13-14,16,19,27,29,31,62H,15,17-18H2,1-5H3,(H,52,58)/t19-,27+,29-,31-/m1/s1. The van der Waals surface area contributed by atoms with Crippen LogP contribution in [0, 0.1) is 35.3 Å². The molecule has 7 rings (SSSR count). The molecule has 0 radical (unpaired) electrons.